The predicted octanol–water partition coefficient (Wildman–Crippen LogP) is 3.90. The number of nitrogens with two attached hydrogens (primary N) is 1. The van der Waals surface area contributed by atoms with Crippen LogP contribution in [0.4, 0.5) is 5.82 Å². The number of rotatable bonds is 2. The normalized spacial score (nSPS) is 15.3. The highest BCUT2D eigenvalue weighted by Crippen LogP contribution is 2.40. The van der Waals surface area contributed by atoms with Crippen molar-refractivity contribution in [3.63, 3.8) is 0 Å². The number of anilines is 1. The van der Waals surface area contributed by atoms with Crippen LogP contribution in [0.3, 0.4) is 0 Å². The molecule has 21 heavy (non-hydrogen) atoms. The molecule has 1 aliphatic rings. The van der Waals surface area contributed by atoms with Crippen molar-refractivity contribution in [3.05, 3.63) is 47.5 Å². The minimum Gasteiger partial charge on any atom is -0.382 e. The molecule has 0 bridgehead atoms. The van der Waals surface area contributed by atoms with Gasteiger partial charge >= 0.3 is 0 Å². The molecule has 0 radical (unpaired) electrons. The van der Waals surface area contributed by atoms with Gasteiger partial charge in [0.25, 0.3) is 0 Å². The molecule has 5 heteroatoms. The van der Waals surface area contributed by atoms with Gasteiger partial charge in [-0.25, -0.2) is 9.97 Å². The molecule has 3 aromatic rings. The van der Waals surface area contributed by atoms with Gasteiger partial charge in [-0.15, -0.1) is 0 Å². The fourth-order valence-corrected chi connectivity index (χ4v) is 3.11. The number of nitrogens with zero attached hydrogens (tertiary/aromatic N) is 3. The van der Waals surface area contributed by atoms with Crippen LogP contribution in [0, 0.1) is 0 Å². The van der Waals surface area contributed by atoms with Crippen LogP contribution in [0.1, 0.15) is 31.0 Å². The molecule has 2 aromatic heterocycles. The van der Waals surface area contributed by atoms with E-state index in [2.05, 4.69) is 9.38 Å². The minimum absolute atomic E-state index is 0.491. The molecule has 1 aliphatic carbocycles. The van der Waals surface area contributed by atoms with E-state index in [4.69, 9.17) is 22.3 Å². The Morgan fingerprint density at radius 2 is 2.05 bits per heavy atom. The molecule has 1 saturated carbocycles. The van der Waals surface area contributed by atoms with Crippen LogP contribution in [0.2, 0.25) is 5.02 Å². The van der Waals surface area contributed by atoms with Crippen LogP contribution in [0.15, 0.2) is 36.7 Å². The lowest BCUT2D eigenvalue weighted by molar-refractivity contribution is 0.400. The SMILES string of the molecule is Nc1nccn2c(C3CCC3)nc(-c3ccccc3Cl)c12. The Kier molecular flexibility index (Phi) is 2.86. The first kappa shape index (κ1) is 12.7. The maximum absolute atomic E-state index is 6.34. The van der Waals surface area contributed by atoms with Crippen LogP contribution in [0.5, 0.6) is 0 Å². The maximum Gasteiger partial charge on any atom is 0.150 e. The quantitative estimate of drug-likeness (QED) is 0.780. The summed E-state index contributed by atoms with van der Waals surface area (Å²) < 4.78 is 2.07. The number of benzene rings is 1. The van der Waals surface area contributed by atoms with Crippen LogP contribution in [-0.2, 0) is 0 Å². The zero-order chi connectivity index (χ0) is 14.4. The van der Waals surface area contributed by atoms with Crippen molar-refractivity contribution in [2.75, 3.05) is 5.73 Å². The van der Waals surface area contributed by atoms with Gasteiger partial charge in [-0.05, 0) is 18.9 Å². The molecule has 2 heterocycles. The summed E-state index contributed by atoms with van der Waals surface area (Å²) in [7, 11) is 0. The molecule has 1 fully saturated rings. The van der Waals surface area contributed by atoms with Gasteiger partial charge in [0.1, 0.15) is 22.9 Å². The molecule has 106 valence electrons. The molecule has 0 aliphatic heterocycles. The maximum atomic E-state index is 6.34. The van der Waals surface area contributed by atoms with Crippen molar-refractivity contribution in [1.29, 1.82) is 0 Å². The Balaban J connectivity index is 2.03. The number of halogens is 1. The molecule has 0 amide bonds. The molecular formula is C16H15ClN4. The van der Waals surface area contributed by atoms with E-state index >= 15 is 0 Å². The zero-order valence-electron chi connectivity index (χ0n) is 11.5. The number of nitrogen functional groups attached to an aromatic ring is 1. The van der Waals surface area contributed by atoms with Gasteiger partial charge in [0, 0.05) is 23.9 Å². The minimum atomic E-state index is 0.491. The summed E-state index contributed by atoms with van der Waals surface area (Å²) in [5.74, 6) is 2.07. The molecule has 0 atom stereocenters. The summed E-state index contributed by atoms with van der Waals surface area (Å²) in [5, 5.41) is 0.681. The van der Waals surface area contributed by atoms with E-state index in [1.165, 1.54) is 19.3 Å². The molecule has 0 saturated heterocycles. The van der Waals surface area contributed by atoms with Crippen LogP contribution < -0.4 is 5.73 Å². The molecule has 1 aromatic carbocycles. The van der Waals surface area contributed by atoms with E-state index < -0.39 is 0 Å². The molecule has 0 unspecified atom stereocenters. The molecular weight excluding hydrogens is 284 g/mol. The van der Waals surface area contributed by atoms with Crippen molar-refractivity contribution in [1.82, 2.24) is 14.4 Å². The highest BCUT2D eigenvalue weighted by Gasteiger charge is 2.27. The van der Waals surface area contributed by atoms with Crippen molar-refractivity contribution in [3.8, 4) is 11.3 Å². The standard InChI is InChI=1S/C16H15ClN4/c17-12-7-2-1-6-11(12)13-14-15(18)19-8-9-21(14)16(20-13)10-4-3-5-10/h1-2,6-10H,3-5H2,(H2,18,19). The molecule has 4 rings (SSSR count). The second-order valence-corrected chi connectivity index (χ2v) is 5.86. The first-order chi connectivity index (χ1) is 10.3. The molecule has 4 nitrogen and oxygen atoms in total. The average molecular weight is 299 g/mol. The lowest BCUT2D eigenvalue weighted by atomic mass is 9.85. The third-order valence-electron chi connectivity index (χ3n) is 4.21. The second kappa shape index (κ2) is 4.74. The fourth-order valence-electron chi connectivity index (χ4n) is 2.88. The number of hydrogen-bond acceptors (Lipinski definition) is 3. The summed E-state index contributed by atoms with van der Waals surface area (Å²) in [5.41, 5.74) is 8.69. The first-order valence-electron chi connectivity index (χ1n) is 7.13. The van der Waals surface area contributed by atoms with E-state index in [0.717, 1.165) is 22.6 Å². The summed E-state index contributed by atoms with van der Waals surface area (Å²) in [6, 6.07) is 7.72. The van der Waals surface area contributed by atoms with Crippen LogP contribution >= 0.6 is 11.6 Å². The zero-order valence-corrected chi connectivity index (χ0v) is 12.2. The van der Waals surface area contributed by atoms with Gasteiger partial charge in [-0.2, -0.15) is 0 Å². The summed E-state index contributed by atoms with van der Waals surface area (Å²) >= 11 is 6.34. The second-order valence-electron chi connectivity index (χ2n) is 5.46. The Morgan fingerprint density at radius 1 is 1.24 bits per heavy atom. The predicted molar refractivity (Wildman–Crippen MR) is 84.4 cm³/mol. The number of fused-ring (bicyclic) bond motifs is 1. The Bertz CT molecular complexity index is 820. The monoisotopic (exact) mass is 298 g/mol. The number of hydrogen-bond donors (Lipinski definition) is 1. The van der Waals surface area contributed by atoms with Gasteiger partial charge in [0.2, 0.25) is 0 Å². The van der Waals surface area contributed by atoms with Crippen molar-refractivity contribution in [2.24, 2.45) is 0 Å². The summed E-state index contributed by atoms with van der Waals surface area (Å²) in [4.78, 5) is 9.08. The smallest absolute Gasteiger partial charge is 0.150 e. The first-order valence-corrected chi connectivity index (χ1v) is 7.51. The molecule has 0 spiro atoms. The van der Waals surface area contributed by atoms with Crippen molar-refractivity contribution >= 4 is 22.9 Å². The third kappa shape index (κ3) is 1.90. The molecule has 2 N–H and O–H groups in total. The highest BCUT2D eigenvalue weighted by molar-refractivity contribution is 6.33. The topological polar surface area (TPSA) is 56.2 Å². The van der Waals surface area contributed by atoms with E-state index in [0.29, 0.717) is 16.8 Å². The van der Waals surface area contributed by atoms with E-state index in [1.54, 1.807) is 6.20 Å². The van der Waals surface area contributed by atoms with Gasteiger partial charge in [0.05, 0.1) is 5.02 Å². The highest BCUT2D eigenvalue weighted by atomic mass is 35.5. The Hall–Kier alpha value is -2.07. The largest absolute Gasteiger partial charge is 0.382 e. The number of aromatic nitrogens is 3. The van der Waals surface area contributed by atoms with Gasteiger partial charge in [-0.1, -0.05) is 36.2 Å². The van der Waals surface area contributed by atoms with Gasteiger partial charge in [0.15, 0.2) is 0 Å². The van der Waals surface area contributed by atoms with E-state index in [9.17, 15) is 0 Å². The lowest BCUT2D eigenvalue weighted by Crippen LogP contribution is -2.12. The fraction of sp³-hybridized carbons (Fsp3) is 0.250. The van der Waals surface area contributed by atoms with Gasteiger partial charge in [-0.3, -0.25) is 4.40 Å². The summed E-state index contributed by atoms with van der Waals surface area (Å²) in [6.45, 7) is 0. The summed E-state index contributed by atoms with van der Waals surface area (Å²) in [6.07, 6.45) is 7.30. The van der Waals surface area contributed by atoms with Crippen molar-refractivity contribution in [2.45, 2.75) is 25.2 Å². The number of imidazole rings is 1. The Labute approximate surface area is 127 Å². The van der Waals surface area contributed by atoms with Crippen molar-refractivity contribution < 1.29 is 0 Å². The van der Waals surface area contributed by atoms with Crippen LogP contribution in [0.25, 0.3) is 16.8 Å². The Morgan fingerprint density at radius 3 is 2.76 bits per heavy atom. The van der Waals surface area contributed by atoms with Crippen LogP contribution in [-0.4, -0.2) is 14.4 Å². The third-order valence-corrected chi connectivity index (χ3v) is 4.54. The van der Waals surface area contributed by atoms with Gasteiger partial charge < -0.3 is 5.73 Å². The average Bonchev–Trinajstić information content (AvgIpc) is 2.78. The van der Waals surface area contributed by atoms with E-state index in [1.807, 2.05) is 30.5 Å². The van der Waals surface area contributed by atoms with E-state index in [-0.39, 0.29) is 0 Å². The lowest BCUT2D eigenvalue weighted by Gasteiger charge is -2.23.